The van der Waals surface area contributed by atoms with Gasteiger partial charge >= 0.3 is 0 Å². The fourth-order valence-electron chi connectivity index (χ4n) is 1.46. The first-order chi connectivity index (χ1) is 6.68. The van der Waals surface area contributed by atoms with Crippen LogP contribution in [0.1, 0.15) is 23.2 Å². The van der Waals surface area contributed by atoms with Crippen LogP contribution in [0.2, 0.25) is 5.02 Å². The van der Waals surface area contributed by atoms with Crippen LogP contribution in [0.15, 0.2) is 16.6 Å². The quantitative estimate of drug-likeness (QED) is 0.725. The highest BCUT2D eigenvalue weighted by Gasteiger charge is 2.19. The molecule has 0 bridgehead atoms. The zero-order valence-corrected chi connectivity index (χ0v) is 9.69. The molecule has 0 saturated heterocycles. The topological polar surface area (TPSA) is 26.3 Å². The monoisotopic (exact) mass is 274 g/mol. The summed E-state index contributed by atoms with van der Waals surface area (Å²) in [5, 5.41) is 0.490. The summed E-state index contributed by atoms with van der Waals surface area (Å²) in [6.07, 6.45) is 1.28. The Labute approximate surface area is 95.3 Å². The largest absolute Gasteiger partial charge is 0.491 e. The predicted molar refractivity (Wildman–Crippen MR) is 58.2 cm³/mol. The molecule has 74 valence electrons. The first-order valence-electron chi connectivity index (χ1n) is 4.33. The molecular formula is C10H8BrClO2. The summed E-state index contributed by atoms with van der Waals surface area (Å²) in [6.45, 7) is 0.556. The molecule has 2 rings (SSSR count). The highest BCUT2D eigenvalue weighted by atomic mass is 79.9. The van der Waals surface area contributed by atoms with E-state index in [2.05, 4.69) is 15.9 Å². The fourth-order valence-corrected chi connectivity index (χ4v) is 2.32. The van der Waals surface area contributed by atoms with Gasteiger partial charge in [-0.25, -0.2) is 0 Å². The van der Waals surface area contributed by atoms with Crippen LogP contribution in [0.25, 0.3) is 0 Å². The maximum atomic E-state index is 11.7. The van der Waals surface area contributed by atoms with E-state index in [1.54, 1.807) is 12.1 Å². The van der Waals surface area contributed by atoms with Gasteiger partial charge in [-0.3, -0.25) is 4.79 Å². The van der Waals surface area contributed by atoms with E-state index >= 15 is 0 Å². The second-order valence-electron chi connectivity index (χ2n) is 3.14. The lowest BCUT2D eigenvalue weighted by atomic mass is 10.1. The third-order valence-electron chi connectivity index (χ3n) is 2.10. The van der Waals surface area contributed by atoms with Gasteiger partial charge in [-0.2, -0.15) is 0 Å². The van der Waals surface area contributed by atoms with E-state index in [1.165, 1.54) is 0 Å². The lowest BCUT2D eigenvalue weighted by Gasteiger charge is -2.08. The van der Waals surface area contributed by atoms with E-state index in [4.69, 9.17) is 16.3 Å². The molecule has 2 nitrogen and oxygen atoms in total. The average molecular weight is 276 g/mol. The minimum Gasteiger partial charge on any atom is -0.491 e. The van der Waals surface area contributed by atoms with Gasteiger partial charge in [-0.15, -0.1) is 0 Å². The maximum absolute atomic E-state index is 11.7. The van der Waals surface area contributed by atoms with Gasteiger partial charge in [-0.05, 0) is 18.6 Å². The van der Waals surface area contributed by atoms with Gasteiger partial charge in [0.1, 0.15) is 5.75 Å². The van der Waals surface area contributed by atoms with Crippen molar-refractivity contribution >= 4 is 33.3 Å². The molecule has 0 N–H and O–H groups in total. The molecule has 0 aliphatic carbocycles. The Hall–Kier alpha value is -0.540. The van der Waals surface area contributed by atoms with Crippen LogP contribution >= 0.6 is 27.5 Å². The molecule has 0 atom stereocenters. The highest BCUT2D eigenvalue weighted by Crippen LogP contribution is 2.34. The summed E-state index contributed by atoms with van der Waals surface area (Å²) in [5.74, 6) is 0.623. The van der Waals surface area contributed by atoms with Gasteiger partial charge in [0.25, 0.3) is 0 Å². The lowest BCUT2D eigenvalue weighted by molar-refractivity contribution is 0.0983. The Kier molecular flexibility index (Phi) is 2.79. The van der Waals surface area contributed by atoms with Crippen LogP contribution in [0.3, 0.4) is 0 Å². The van der Waals surface area contributed by atoms with E-state index < -0.39 is 0 Å². The van der Waals surface area contributed by atoms with Gasteiger partial charge in [0.2, 0.25) is 0 Å². The summed E-state index contributed by atoms with van der Waals surface area (Å²) in [6, 6.07) is 3.49. The van der Waals surface area contributed by atoms with E-state index in [1.807, 2.05) is 0 Å². The third kappa shape index (κ3) is 1.79. The molecule has 0 fully saturated rings. The number of ether oxygens (including phenoxy) is 1. The predicted octanol–water partition coefficient (Wildman–Crippen LogP) is 3.46. The molecule has 1 aliphatic heterocycles. The SMILES string of the molecule is O=C1CCCOc2c(Cl)cc(Br)cc21. The molecule has 1 heterocycles. The third-order valence-corrected chi connectivity index (χ3v) is 2.84. The number of Topliss-reactive ketones (excluding diaryl/α,β-unsaturated/α-hetero) is 1. The number of fused-ring (bicyclic) bond motifs is 1. The fraction of sp³-hybridized carbons (Fsp3) is 0.300. The lowest BCUT2D eigenvalue weighted by Crippen LogP contribution is -1.98. The molecule has 1 aliphatic rings. The zero-order valence-electron chi connectivity index (χ0n) is 7.35. The number of ketones is 1. The summed E-state index contributed by atoms with van der Waals surface area (Å²) in [5.41, 5.74) is 0.585. The number of benzene rings is 1. The number of rotatable bonds is 0. The van der Waals surface area contributed by atoms with Crippen molar-refractivity contribution in [1.82, 2.24) is 0 Å². The van der Waals surface area contributed by atoms with Crippen molar-refractivity contribution in [3.63, 3.8) is 0 Å². The van der Waals surface area contributed by atoms with E-state index in [0.29, 0.717) is 29.4 Å². The minimum absolute atomic E-state index is 0.0979. The van der Waals surface area contributed by atoms with Crippen LogP contribution in [-0.4, -0.2) is 12.4 Å². The number of carbonyl (C=O) groups is 1. The van der Waals surface area contributed by atoms with Gasteiger partial charge in [-0.1, -0.05) is 27.5 Å². The molecule has 14 heavy (non-hydrogen) atoms. The minimum atomic E-state index is 0.0979. The van der Waals surface area contributed by atoms with Crippen LogP contribution in [0, 0.1) is 0 Å². The Morgan fingerprint density at radius 3 is 3.00 bits per heavy atom. The van der Waals surface area contributed by atoms with Crippen LogP contribution in [0.5, 0.6) is 5.75 Å². The number of hydrogen-bond acceptors (Lipinski definition) is 2. The van der Waals surface area contributed by atoms with Crippen molar-refractivity contribution in [2.75, 3.05) is 6.61 Å². The van der Waals surface area contributed by atoms with Gasteiger partial charge in [0.05, 0.1) is 17.2 Å². The van der Waals surface area contributed by atoms with Crippen LogP contribution in [0.4, 0.5) is 0 Å². The molecule has 0 unspecified atom stereocenters. The zero-order chi connectivity index (χ0) is 10.1. The van der Waals surface area contributed by atoms with E-state index in [0.717, 1.165) is 10.9 Å². The molecule has 0 spiro atoms. The van der Waals surface area contributed by atoms with Crippen molar-refractivity contribution in [3.8, 4) is 5.75 Å². The number of carbonyl (C=O) groups excluding carboxylic acids is 1. The Morgan fingerprint density at radius 2 is 2.21 bits per heavy atom. The number of hydrogen-bond donors (Lipinski definition) is 0. The van der Waals surface area contributed by atoms with Gasteiger partial charge in [0.15, 0.2) is 5.78 Å². The Morgan fingerprint density at radius 1 is 1.43 bits per heavy atom. The summed E-state index contributed by atoms with van der Waals surface area (Å²) in [7, 11) is 0. The number of halogens is 2. The summed E-state index contributed by atoms with van der Waals surface area (Å²) in [4.78, 5) is 11.7. The Balaban J connectivity index is 2.58. The normalized spacial score (nSPS) is 15.7. The molecule has 1 aromatic carbocycles. The summed E-state index contributed by atoms with van der Waals surface area (Å²) >= 11 is 9.28. The second-order valence-corrected chi connectivity index (χ2v) is 4.46. The maximum Gasteiger partial charge on any atom is 0.166 e. The highest BCUT2D eigenvalue weighted by molar-refractivity contribution is 9.10. The van der Waals surface area contributed by atoms with E-state index in [-0.39, 0.29) is 5.78 Å². The average Bonchev–Trinajstić information content (AvgIpc) is 2.29. The van der Waals surface area contributed by atoms with Gasteiger partial charge in [0, 0.05) is 10.9 Å². The van der Waals surface area contributed by atoms with Crippen molar-refractivity contribution in [3.05, 3.63) is 27.2 Å². The first-order valence-corrected chi connectivity index (χ1v) is 5.50. The Bertz CT molecular complexity index is 390. The van der Waals surface area contributed by atoms with Crippen LogP contribution < -0.4 is 4.74 Å². The second kappa shape index (κ2) is 3.91. The van der Waals surface area contributed by atoms with E-state index in [9.17, 15) is 4.79 Å². The molecule has 4 heteroatoms. The smallest absolute Gasteiger partial charge is 0.166 e. The molecule has 0 radical (unpaired) electrons. The molecular weight excluding hydrogens is 267 g/mol. The van der Waals surface area contributed by atoms with Crippen LogP contribution in [-0.2, 0) is 0 Å². The molecule has 1 aromatic rings. The van der Waals surface area contributed by atoms with Crippen molar-refractivity contribution in [2.24, 2.45) is 0 Å². The molecule has 0 aromatic heterocycles. The first kappa shape index (κ1) is 9.99. The van der Waals surface area contributed by atoms with Gasteiger partial charge < -0.3 is 4.74 Å². The van der Waals surface area contributed by atoms with Crippen molar-refractivity contribution < 1.29 is 9.53 Å². The van der Waals surface area contributed by atoms with Crippen molar-refractivity contribution in [1.29, 1.82) is 0 Å². The molecule has 0 saturated carbocycles. The van der Waals surface area contributed by atoms with Crippen molar-refractivity contribution in [2.45, 2.75) is 12.8 Å². The standard InChI is InChI=1S/C10H8BrClO2/c11-6-4-7-9(13)2-1-3-14-10(7)8(12)5-6/h4-5H,1-3H2. The summed E-state index contributed by atoms with van der Waals surface area (Å²) < 4.78 is 6.24. The molecule has 0 amide bonds.